The first-order valence-electron chi connectivity index (χ1n) is 7.67. The largest absolute Gasteiger partial charge is 0.449 e. The first kappa shape index (κ1) is 17.0. The van der Waals surface area contributed by atoms with Crippen molar-refractivity contribution in [1.82, 2.24) is 9.97 Å². The van der Waals surface area contributed by atoms with Gasteiger partial charge >= 0.3 is 5.97 Å². The summed E-state index contributed by atoms with van der Waals surface area (Å²) in [6.07, 6.45) is 0.526. The van der Waals surface area contributed by atoms with Crippen LogP contribution in [-0.4, -0.2) is 27.9 Å². The van der Waals surface area contributed by atoms with Crippen molar-refractivity contribution in [1.29, 1.82) is 0 Å². The monoisotopic (exact) mass is 357 g/mol. The minimum Gasteiger partial charge on any atom is -0.449 e. The van der Waals surface area contributed by atoms with Crippen molar-refractivity contribution in [2.45, 2.75) is 20.0 Å². The molecule has 2 N–H and O–H groups in total. The summed E-state index contributed by atoms with van der Waals surface area (Å²) in [6.45, 7) is 3.29. The van der Waals surface area contributed by atoms with Gasteiger partial charge in [-0.05, 0) is 32.0 Å². The number of pyridine rings is 1. The Morgan fingerprint density at radius 3 is 2.76 bits per heavy atom. The highest BCUT2D eigenvalue weighted by atomic mass is 35.5. The van der Waals surface area contributed by atoms with Gasteiger partial charge in [0.2, 0.25) is 0 Å². The molecule has 0 aliphatic heterocycles. The number of aromatic nitrogens is 2. The predicted molar refractivity (Wildman–Crippen MR) is 95.8 cm³/mol. The van der Waals surface area contributed by atoms with Gasteiger partial charge in [0.15, 0.2) is 11.3 Å². The zero-order valence-electron chi connectivity index (χ0n) is 13.7. The second kappa shape index (κ2) is 6.94. The number of nitrogens with one attached hydrogen (secondary N) is 2. The maximum absolute atomic E-state index is 12.5. The van der Waals surface area contributed by atoms with Crippen LogP contribution in [0.5, 0.6) is 0 Å². The molecule has 1 aromatic carbocycles. The number of hydrogen-bond acceptors (Lipinski definition) is 4. The number of carbonyl (C=O) groups is 2. The van der Waals surface area contributed by atoms with E-state index in [0.29, 0.717) is 16.9 Å². The van der Waals surface area contributed by atoms with E-state index in [1.165, 1.54) is 13.1 Å². The molecule has 3 rings (SSSR count). The lowest BCUT2D eigenvalue weighted by Gasteiger charge is -2.14. The van der Waals surface area contributed by atoms with Crippen LogP contribution in [0.25, 0.3) is 10.9 Å². The van der Waals surface area contributed by atoms with Crippen molar-refractivity contribution < 1.29 is 14.3 Å². The molecule has 0 saturated carbocycles. The van der Waals surface area contributed by atoms with Gasteiger partial charge < -0.3 is 15.0 Å². The summed E-state index contributed by atoms with van der Waals surface area (Å²) in [5, 5.41) is 3.52. The van der Waals surface area contributed by atoms with Crippen molar-refractivity contribution in [3.8, 4) is 0 Å². The molecular weight excluding hydrogens is 342 g/mol. The summed E-state index contributed by atoms with van der Waals surface area (Å²) in [4.78, 5) is 31.8. The number of aryl methyl sites for hydroxylation is 1. The van der Waals surface area contributed by atoms with Gasteiger partial charge in [0.25, 0.3) is 5.91 Å². The number of esters is 1. The molecule has 0 bridgehead atoms. The van der Waals surface area contributed by atoms with Gasteiger partial charge in [-0.25, -0.2) is 9.78 Å². The molecule has 128 valence electrons. The highest BCUT2D eigenvalue weighted by Gasteiger charge is 2.23. The number of aromatic amines is 1. The number of H-pyrrole nitrogens is 1. The Morgan fingerprint density at radius 2 is 2.00 bits per heavy atom. The van der Waals surface area contributed by atoms with E-state index in [2.05, 4.69) is 15.3 Å². The van der Waals surface area contributed by atoms with E-state index in [0.717, 1.165) is 10.9 Å². The lowest BCUT2D eigenvalue weighted by atomic mass is 10.1. The van der Waals surface area contributed by atoms with Crippen LogP contribution in [0.2, 0.25) is 5.15 Å². The molecular formula is C18H16ClN3O3. The third-order valence-electron chi connectivity index (χ3n) is 3.77. The number of hydrogen-bond donors (Lipinski definition) is 2. The van der Waals surface area contributed by atoms with E-state index >= 15 is 0 Å². The highest BCUT2D eigenvalue weighted by molar-refractivity contribution is 6.32. The normalized spacial score (nSPS) is 12.0. The molecule has 0 fully saturated rings. The summed E-state index contributed by atoms with van der Waals surface area (Å²) in [7, 11) is 0. The van der Waals surface area contributed by atoms with Crippen LogP contribution in [-0.2, 0) is 9.53 Å². The molecule has 25 heavy (non-hydrogen) atoms. The van der Waals surface area contributed by atoms with E-state index in [1.807, 2.05) is 24.3 Å². The van der Waals surface area contributed by atoms with E-state index in [9.17, 15) is 9.59 Å². The van der Waals surface area contributed by atoms with E-state index in [4.69, 9.17) is 16.3 Å². The third-order valence-corrected chi connectivity index (χ3v) is 4.07. The first-order valence-corrected chi connectivity index (χ1v) is 8.05. The number of carbonyl (C=O) groups excluding carboxylic acids is 2. The number of nitrogens with zero attached hydrogens (tertiary/aromatic N) is 1. The molecule has 2 aromatic heterocycles. The maximum Gasteiger partial charge on any atom is 0.341 e. The Bertz CT molecular complexity index is 952. The minimum absolute atomic E-state index is 0.168. The fraction of sp³-hybridized carbons (Fsp3) is 0.167. The Balaban J connectivity index is 1.75. The van der Waals surface area contributed by atoms with Gasteiger partial charge in [-0.2, -0.15) is 0 Å². The summed E-state index contributed by atoms with van der Waals surface area (Å²) in [5.74, 6) is -1.05. The molecule has 1 amide bonds. The van der Waals surface area contributed by atoms with Crippen LogP contribution in [0.15, 0.2) is 42.6 Å². The molecule has 0 aliphatic rings. The average molecular weight is 358 g/mol. The van der Waals surface area contributed by atoms with Crippen molar-refractivity contribution in [3.63, 3.8) is 0 Å². The Kier molecular flexibility index (Phi) is 4.72. The zero-order chi connectivity index (χ0) is 18.0. The number of rotatable bonds is 4. The van der Waals surface area contributed by atoms with Gasteiger partial charge in [-0.1, -0.05) is 29.8 Å². The van der Waals surface area contributed by atoms with Gasteiger partial charge in [0.1, 0.15) is 0 Å². The average Bonchev–Trinajstić information content (AvgIpc) is 2.92. The lowest BCUT2D eigenvalue weighted by molar-refractivity contribution is -0.123. The van der Waals surface area contributed by atoms with Crippen molar-refractivity contribution >= 4 is 40.1 Å². The maximum atomic E-state index is 12.5. The highest BCUT2D eigenvalue weighted by Crippen LogP contribution is 2.23. The summed E-state index contributed by atoms with van der Waals surface area (Å²) in [6, 6.07) is 10.7. The smallest absolute Gasteiger partial charge is 0.341 e. The minimum atomic E-state index is -0.989. The predicted octanol–water partition coefficient (Wildman–Crippen LogP) is 3.71. The van der Waals surface area contributed by atoms with Gasteiger partial charge in [0, 0.05) is 22.8 Å². The molecule has 1 unspecified atom stereocenters. The number of ether oxygens (including phenoxy) is 1. The van der Waals surface area contributed by atoms with Crippen LogP contribution in [0, 0.1) is 6.92 Å². The Labute approximate surface area is 149 Å². The van der Waals surface area contributed by atoms with Crippen molar-refractivity contribution in [2.75, 3.05) is 5.32 Å². The number of halogens is 1. The molecule has 7 heteroatoms. The van der Waals surface area contributed by atoms with Crippen molar-refractivity contribution in [3.05, 3.63) is 59.0 Å². The number of amides is 1. The summed E-state index contributed by atoms with van der Waals surface area (Å²) in [5.41, 5.74) is 2.32. The van der Waals surface area contributed by atoms with Crippen LogP contribution in [0.1, 0.15) is 23.0 Å². The molecule has 2 heterocycles. The van der Waals surface area contributed by atoms with Gasteiger partial charge in [0.05, 0.1) is 11.3 Å². The van der Waals surface area contributed by atoms with Crippen LogP contribution >= 0.6 is 11.6 Å². The quantitative estimate of drug-likeness (QED) is 0.550. The SMILES string of the molecule is Cc1[nH]c2ccccc2c1C(=O)OC(C)C(=O)Nc1cccnc1Cl. The standard InChI is InChI=1S/C18H16ClN3O3/c1-10-15(12-6-3-4-7-13(12)21-10)18(24)25-11(2)17(23)22-14-8-5-9-20-16(14)19/h3-9,11,21H,1-2H3,(H,22,23). The first-order chi connectivity index (χ1) is 12.0. The van der Waals surface area contributed by atoms with Crippen LogP contribution < -0.4 is 5.32 Å². The second-order valence-electron chi connectivity index (χ2n) is 5.55. The lowest BCUT2D eigenvalue weighted by Crippen LogP contribution is -2.30. The van der Waals surface area contributed by atoms with Gasteiger partial charge in [-0.15, -0.1) is 0 Å². The molecule has 0 spiro atoms. The van der Waals surface area contributed by atoms with Gasteiger partial charge in [-0.3, -0.25) is 4.79 Å². The molecule has 0 saturated heterocycles. The number of benzene rings is 1. The topological polar surface area (TPSA) is 84.1 Å². The molecule has 3 aromatic rings. The Hall–Kier alpha value is -2.86. The second-order valence-corrected chi connectivity index (χ2v) is 5.91. The zero-order valence-corrected chi connectivity index (χ0v) is 14.4. The fourth-order valence-corrected chi connectivity index (χ4v) is 2.69. The molecule has 0 radical (unpaired) electrons. The number of fused-ring (bicyclic) bond motifs is 1. The molecule has 1 atom stereocenters. The van der Waals surface area contributed by atoms with E-state index in [-0.39, 0.29) is 5.15 Å². The third kappa shape index (κ3) is 3.49. The number of anilines is 1. The van der Waals surface area contributed by atoms with Crippen molar-refractivity contribution in [2.24, 2.45) is 0 Å². The van der Waals surface area contributed by atoms with Crippen LogP contribution in [0.4, 0.5) is 5.69 Å². The summed E-state index contributed by atoms with van der Waals surface area (Å²) < 4.78 is 5.32. The fourth-order valence-electron chi connectivity index (χ4n) is 2.53. The number of para-hydroxylation sites is 1. The van der Waals surface area contributed by atoms with Crippen LogP contribution in [0.3, 0.4) is 0 Å². The van der Waals surface area contributed by atoms with E-state index < -0.39 is 18.0 Å². The summed E-state index contributed by atoms with van der Waals surface area (Å²) >= 11 is 5.91. The Morgan fingerprint density at radius 1 is 1.24 bits per heavy atom. The molecule has 0 aliphatic carbocycles. The molecule has 6 nitrogen and oxygen atoms in total. The van der Waals surface area contributed by atoms with E-state index in [1.54, 1.807) is 19.1 Å².